The van der Waals surface area contributed by atoms with Gasteiger partial charge >= 0.3 is 6.03 Å². The van der Waals surface area contributed by atoms with E-state index in [2.05, 4.69) is 52.9 Å². The van der Waals surface area contributed by atoms with Gasteiger partial charge in [-0.05, 0) is 26.5 Å². The first-order valence-electron chi connectivity index (χ1n) is 11.6. The Hall–Kier alpha value is -2.35. The molecule has 5 rings (SSSR count). The Morgan fingerprint density at radius 2 is 1.74 bits per heavy atom. The Labute approximate surface area is 221 Å². The standard InChI is InChI=1S/C12H8FIN6S.C6H12.C5H10N2O/c1-6-9(11-17-4-8(13)10(15-2)19-11)7-3-16-5-18-12(7)20(6)21-14;1-2-4-6-5-3-1;6-5(8)7-3-1-2-4-7/h3-5H,2H2,1H3;1-6H2;1-4H2,(H2,6,8). The molecule has 0 unspecified atom stereocenters. The zero-order valence-corrected chi connectivity index (χ0v) is 22.8. The molecule has 1 aliphatic carbocycles. The van der Waals surface area contributed by atoms with Gasteiger partial charge in [-0.1, -0.05) is 38.5 Å². The van der Waals surface area contributed by atoms with Crippen LogP contribution in [0.1, 0.15) is 57.1 Å². The predicted octanol–water partition coefficient (Wildman–Crippen LogP) is 6.02. The molecule has 35 heavy (non-hydrogen) atoms. The number of hydrogen-bond donors (Lipinski definition) is 1. The summed E-state index contributed by atoms with van der Waals surface area (Å²) < 4.78 is 15.4. The lowest BCUT2D eigenvalue weighted by molar-refractivity contribution is 0.218. The minimum atomic E-state index is -0.602. The summed E-state index contributed by atoms with van der Waals surface area (Å²) >= 11 is 2.17. The molecular weight excluding hydrogens is 582 g/mol. The number of hydrogen-bond acceptors (Lipinski definition) is 7. The quantitative estimate of drug-likeness (QED) is 0.286. The van der Waals surface area contributed by atoms with Crippen LogP contribution in [0.4, 0.5) is 15.0 Å². The first-order valence-corrected chi connectivity index (χ1v) is 14.9. The van der Waals surface area contributed by atoms with Gasteiger partial charge in [-0.15, -0.1) is 0 Å². The molecular formula is C23H30FIN8OS. The van der Waals surface area contributed by atoms with Crippen molar-refractivity contribution in [3.63, 3.8) is 0 Å². The van der Waals surface area contributed by atoms with Crippen molar-refractivity contribution in [3.8, 4) is 11.4 Å². The molecule has 2 aliphatic rings. The molecule has 0 atom stereocenters. The summed E-state index contributed by atoms with van der Waals surface area (Å²) in [5.41, 5.74) is 7.42. The van der Waals surface area contributed by atoms with Crippen LogP contribution in [-0.4, -0.2) is 54.6 Å². The number of amides is 2. The van der Waals surface area contributed by atoms with Crippen LogP contribution in [-0.2, 0) is 0 Å². The fourth-order valence-electron chi connectivity index (χ4n) is 4.07. The molecule has 188 valence electrons. The maximum absolute atomic E-state index is 13.5. The van der Waals surface area contributed by atoms with Crippen molar-refractivity contribution < 1.29 is 9.18 Å². The van der Waals surface area contributed by atoms with Crippen molar-refractivity contribution in [3.05, 3.63) is 30.2 Å². The van der Waals surface area contributed by atoms with E-state index in [-0.39, 0.29) is 11.8 Å². The second kappa shape index (κ2) is 13.7. The Morgan fingerprint density at radius 1 is 1.11 bits per heavy atom. The molecule has 0 bridgehead atoms. The minimum Gasteiger partial charge on any atom is -0.351 e. The van der Waals surface area contributed by atoms with Crippen LogP contribution < -0.4 is 5.73 Å². The van der Waals surface area contributed by atoms with Gasteiger partial charge in [0.1, 0.15) is 6.33 Å². The summed E-state index contributed by atoms with van der Waals surface area (Å²) in [6.45, 7) is 6.96. The van der Waals surface area contributed by atoms with Gasteiger partial charge in [0.25, 0.3) is 0 Å². The van der Waals surface area contributed by atoms with Gasteiger partial charge in [0.2, 0.25) is 0 Å². The van der Waals surface area contributed by atoms with Gasteiger partial charge in [-0.25, -0.2) is 34.1 Å². The first-order chi connectivity index (χ1) is 17.0. The molecule has 4 heterocycles. The molecule has 1 aliphatic heterocycles. The summed E-state index contributed by atoms with van der Waals surface area (Å²) in [5.74, 6) is -0.297. The van der Waals surface area contributed by atoms with Crippen molar-refractivity contribution in [2.45, 2.75) is 58.3 Å². The number of aliphatic imine (C=N–C) groups is 1. The third-order valence-electron chi connectivity index (χ3n) is 5.91. The van der Waals surface area contributed by atoms with E-state index in [0.29, 0.717) is 5.82 Å². The molecule has 2 amide bonds. The van der Waals surface area contributed by atoms with Crippen LogP contribution in [0.2, 0.25) is 0 Å². The second-order valence-electron chi connectivity index (χ2n) is 8.26. The number of carbonyl (C=O) groups is 1. The van der Waals surface area contributed by atoms with E-state index >= 15 is 0 Å². The Bertz CT molecular complexity index is 1140. The van der Waals surface area contributed by atoms with Crippen LogP contribution >= 0.6 is 30.3 Å². The molecule has 3 aromatic heterocycles. The van der Waals surface area contributed by atoms with Crippen molar-refractivity contribution in [2.75, 3.05) is 13.1 Å². The van der Waals surface area contributed by atoms with Gasteiger partial charge < -0.3 is 10.6 Å². The number of urea groups is 1. The van der Waals surface area contributed by atoms with E-state index < -0.39 is 5.82 Å². The first kappa shape index (κ1) is 27.2. The predicted molar refractivity (Wildman–Crippen MR) is 148 cm³/mol. The minimum absolute atomic E-state index is 0.0701. The van der Waals surface area contributed by atoms with E-state index in [4.69, 9.17) is 5.73 Å². The molecule has 0 aromatic carbocycles. The number of carbonyl (C=O) groups excluding carboxylic acids is 1. The normalized spacial score (nSPS) is 15.1. The highest BCUT2D eigenvalue weighted by atomic mass is 127. The molecule has 2 fully saturated rings. The summed E-state index contributed by atoms with van der Waals surface area (Å²) in [6.07, 6.45) is 15.5. The van der Waals surface area contributed by atoms with Crippen LogP contribution in [0.5, 0.6) is 0 Å². The van der Waals surface area contributed by atoms with E-state index in [9.17, 15) is 9.18 Å². The Balaban J connectivity index is 0.000000199. The molecule has 3 aromatic rings. The number of nitrogens with two attached hydrogens (primary N) is 1. The topological polar surface area (TPSA) is 115 Å². The van der Waals surface area contributed by atoms with Gasteiger partial charge in [0.05, 0.1) is 11.8 Å². The van der Waals surface area contributed by atoms with Crippen molar-refractivity contribution in [2.24, 2.45) is 10.7 Å². The molecule has 0 spiro atoms. The summed E-state index contributed by atoms with van der Waals surface area (Å²) in [6, 6.07) is -0.275. The average Bonchev–Trinajstić information content (AvgIpc) is 3.53. The Kier molecular flexibility index (Phi) is 10.6. The molecule has 1 saturated heterocycles. The average molecular weight is 613 g/mol. The second-order valence-corrected chi connectivity index (χ2v) is 9.95. The lowest BCUT2D eigenvalue weighted by Gasteiger charge is -2.09. The van der Waals surface area contributed by atoms with Crippen LogP contribution in [0.3, 0.4) is 0 Å². The highest BCUT2D eigenvalue weighted by molar-refractivity contribution is 14.2. The molecule has 2 N–H and O–H groups in total. The molecule has 0 radical (unpaired) electrons. The van der Waals surface area contributed by atoms with Gasteiger partial charge in [-0.3, -0.25) is 3.97 Å². The van der Waals surface area contributed by atoms with Gasteiger partial charge in [0, 0.05) is 60.7 Å². The highest BCUT2D eigenvalue weighted by Crippen LogP contribution is 2.36. The third-order valence-corrected chi connectivity index (χ3v) is 7.67. The SMILES string of the molecule is C1CCCCC1.C=Nc1nc(-c2c(C)n(SI)c3ncncc23)ncc1F.NC(=O)N1CCCC1. The maximum atomic E-state index is 13.5. The van der Waals surface area contributed by atoms with Crippen molar-refractivity contribution in [1.29, 1.82) is 0 Å². The van der Waals surface area contributed by atoms with Gasteiger partial charge in [0.15, 0.2) is 23.1 Å². The van der Waals surface area contributed by atoms with E-state index in [0.717, 1.165) is 54.4 Å². The number of likely N-dealkylation sites (tertiary alicyclic amines) is 1. The van der Waals surface area contributed by atoms with Crippen LogP contribution in [0.15, 0.2) is 23.7 Å². The third kappa shape index (κ3) is 7.09. The molecule has 1 saturated carbocycles. The zero-order chi connectivity index (χ0) is 25.2. The number of rotatable bonds is 3. The van der Waals surface area contributed by atoms with Gasteiger partial charge in [-0.2, -0.15) is 0 Å². The molecule has 12 heteroatoms. The summed E-state index contributed by atoms with van der Waals surface area (Å²) in [5, 5.41) is 0.806. The fraction of sp³-hybridized carbons (Fsp3) is 0.478. The van der Waals surface area contributed by atoms with E-state index in [1.165, 1.54) is 54.0 Å². The summed E-state index contributed by atoms with van der Waals surface area (Å²) in [7, 11) is 1.48. The Morgan fingerprint density at radius 3 is 2.26 bits per heavy atom. The number of fused-ring (bicyclic) bond motifs is 1. The lowest BCUT2D eigenvalue weighted by atomic mass is 10.0. The van der Waals surface area contributed by atoms with Crippen molar-refractivity contribution >= 4 is 59.9 Å². The highest BCUT2D eigenvalue weighted by Gasteiger charge is 2.20. The van der Waals surface area contributed by atoms with Crippen molar-refractivity contribution in [1.82, 2.24) is 28.8 Å². The maximum Gasteiger partial charge on any atom is 0.314 e. The number of aromatic nitrogens is 5. The van der Waals surface area contributed by atoms with Crippen LogP contribution in [0.25, 0.3) is 22.4 Å². The number of nitrogens with zero attached hydrogens (tertiary/aromatic N) is 7. The largest absolute Gasteiger partial charge is 0.351 e. The number of primary amides is 1. The zero-order valence-electron chi connectivity index (χ0n) is 19.8. The fourth-order valence-corrected chi connectivity index (χ4v) is 5.92. The molecule has 9 nitrogen and oxygen atoms in total. The lowest BCUT2D eigenvalue weighted by Crippen LogP contribution is -2.32. The van der Waals surface area contributed by atoms with Crippen LogP contribution in [0, 0.1) is 12.7 Å². The summed E-state index contributed by atoms with van der Waals surface area (Å²) in [4.78, 5) is 32.1. The number of halogens is 2. The monoisotopic (exact) mass is 612 g/mol. The van der Waals surface area contributed by atoms with E-state index in [1.54, 1.807) is 11.1 Å². The van der Waals surface area contributed by atoms with E-state index in [1.807, 2.05) is 10.9 Å². The smallest absolute Gasteiger partial charge is 0.314 e.